The third kappa shape index (κ3) is 3.50. The fourth-order valence-electron chi connectivity index (χ4n) is 4.38. The van der Waals surface area contributed by atoms with E-state index < -0.39 is 0 Å². The molecule has 0 unspecified atom stereocenters. The van der Waals surface area contributed by atoms with Crippen LogP contribution in [0.2, 0.25) is 0 Å². The first kappa shape index (κ1) is 22.0. The lowest BCUT2D eigenvalue weighted by atomic mass is 9.85. The molecule has 1 N–H and O–H groups in total. The van der Waals surface area contributed by atoms with E-state index in [1.807, 2.05) is 37.3 Å². The zero-order valence-corrected chi connectivity index (χ0v) is 20.3. The molecule has 1 aliphatic rings. The molecular weight excluding hydrogens is 456 g/mol. The second-order valence-electron chi connectivity index (χ2n) is 7.85. The van der Waals surface area contributed by atoms with Crippen molar-refractivity contribution in [1.82, 2.24) is 14.8 Å². The summed E-state index contributed by atoms with van der Waals surface area (Å²) in [5.74, 6) is 2.63. The molecule has 0 aliphatic carbocycles. The van der Waals surface area contributed by atoms with Gasteiger partial charge < -0.3 is 24.3 Å². The quantitative estimate of drug-likeness (QED) is 0.439. The Morgan fingerprint density at radius 3 is 2.41 bits per heavy atom. The summed E-state index contributed by atoms with van der Waals surface area (Å²) in [4.78, 5) is 17.6. The van der Waals surface area contributed by atoms with Crippen molar-refractivity contribution in [1.29, 1.82) is 0 Å². The first-order valence-electron chi connectivity index (χ1n) is 10.6. The summed E-state index contributed by atoms with van der Waals surface area (Å²) in [6, 6.07) is 9.49. The largest absolute Gasteiger partial charge is 0.497 e. The van der Waals surface area contributed by atoms with E-state index in [2.05, 4.69) is 5.32 Å². The van der Waals surface area contributed by atoms with Crippen molar-refractivity contribution in [3.63, 3.8) is 0 Å². The van der Waals surface area contributed by atoms with E-state index in [4.69, 9.17) is 29.0 Å². The Morgan fingerprint density at radius 2 is 1.76 bits per heavy atom. The zero-order valence-electron chi connectivity index (χ0n) is 19.5. The lowest BCUT2D eigenvalue weighted by Crippen LogP contribution is -2.25. The van der Waals surface area contributed by atoms with E-state index in [0.29, 0.717) is 28.2 Å². The Kier molecular flexibility index (Phi) is 5.52. The smallest absolute Gasteiger partial charge is 0.226 e. The van der Waals surface area contributed by atoms with E-state index in [1.54, 1.807) is 33.1 Å². The molecule has 2 aromatic carbocycles. The molecule has 1 amide bonds. The summed E-state index contributed by atoms with van der Waals surface area (Å²) >= 11 is 1.48. The number of fused-ring (bicyclic) bond motifs is 2. The normalized spacial score (nSPS) is 15.1. The van der Waals surface area contributed by atoms with Crippen molar-refractivity contribution in [2.45, 2.75) is 19.3 Å². The molecule has 176 valence electrons. The summed E-state index contributed by atoms with van der Waals surface area (Å²) in [6.07, 6.45) is 0.273. The average molecular weight is 481 g/mol. The SMILES string of the molecule is COc1ccc2nc(-n3nc(C)c4c3NC(=O)C[C@H]4c3cc(OC)c(OC)c(OC)c3)sc2c1. The van der Waals surface area contributed by atoms with Crippen LogP contribution in [0.1, 0.15) is 29.2 Å². The molecule has 9 nitrogen and oxygen atoms in total. The van der Waals surface area contributed by atoms with E-state index in [1.165, 1.54) is 11.3 Å². The number of aryl methyl sites for hydroxylation is 1. The van der Waals surface area contributed by atoms with Crippen LogP contribution in [0.4, 0.5) is 5.82 Å². The van der Waals surface area contributed by atoms with Crippen molar-refractivity contribution in [2.24, 2.45) is 0 Å². The minimum absolute atomic E-state index is 0.102. The highest BCUT2D eigenvalue weighted by Gasteiger charge is 2.34. The third-order valence-electron chi connectivity index (χ3n) is 5.96. The highest BCUT2D eigenvalue weighted by molar-refractivity contribution is 7.20. The lowest BCUT2D eigenvalue weighted by Gasteiger charge is -2.25. The van der Waals surface area contributed by atoms with Crippen LogP contribution in [0.25, 0.3) is 15.3 Å². The van der Waals surface area contributed by atoms with Crippen molar-refractivity contribution >= 4 is 33.3 Å². The van der Waals surface area contributed by atoms with Gasteiger partial charge in [0.05, 0.1) is 44.3 Å². The number of thiazole rings is 1. The van der Waals surface area contributed by atoms with E-state index in [-0.39, 0.29) is 18.2 Å². The second-order valence-corrected chi connectivity index (χ2v) is 8.86. The minimum atomic E-state index is -0.235. The van der Waals surface area contributed by atoms with Crippen LogP contribution < -0.4 is 24.3 Å². The second kappa shape index (κ2) is 8.53. The van der Waals surface area contributed by atoms with Crippen LogP contribution in [0.3, 0.4) is 0 Å². The number of methoxy groups -OCH3 is 4. The molecule has 1 aliphatic heterocycles. The van der Waals surface area contributed by atoms with Crippen molar-refractivity contribution in [3.05, 3.63) is 47.2 Å². The van der Waals surface area contributed by atoms with Gasteiger partial charge in [-0.2, -0.15) is 9.78 Å². The van der Waals surface area contributed by atoms with Gasteiger partial charge in [0.25, 0.3) is 0 Å². The number of anilines is 1. The number of ether oxygens (including phenoxy) is 4. The Labute approximate surface area is 200 Å². The number of benzene rings is 2. The molecule has 0 bridgehead atoms. The van der Waals surface area contributed by atoms with Gasteiger partial charge in [0, 0.05) is 17.9 Å². The van der Waals surface area contributed by atoms with Gasteiger partial charge in [0.1, 0.15) is 11.6 Å². The maximum Gasteiger partial charge on any atom is 0.226 e. The number of hydrogen-bond donors (Lipinski definition) is 1. The molecule has 5 rings (SSSR count). The molecule has 3 heterocycles. The van der Waals surface area contributed by atoms with Crippen LogP contribution in [-0.4, -0.2) is 49.1 Å². The lowest BCUT2D eigenvalue weighted by molar-refractivity contribution is -0.116. The topological polar surface area (TPSA) is 96.7 Å². The van der Waals surface area contributed by atoms with Gasteiger partial charge in [0.2, 0.25) is 16.8 Å². The number of amides is 1. The van der Waals surface area contributed by atoms with Crippen molar-refractivity contribution in [3.8, 4) is 28.1 Å². The number of nitrogens with zero attached hydrogens (tertiary/aromatic N) is 3. The summed E-state index contributed by atoms with van der Waals surface area (Å²) in [7, 11) is 6.35. The Balaban J connectivity index is 1.65. The van der Waals surface area contributed by atoms with Gasteiger partial charge in [-0.1, -0.05) is 11.3 Å². The Hall–Kier alpha value is -3.79. The van der Waals surface area contributed by atoms with Gasteiger partial charge in [-0.25, -0.2) is 4.98 Å². The van der Waals surface area contributed by atoms with Gasteiger partial charge in [-0.3, -0.25) is 4.79 Å². The maximum absolute atomic E-state index is 12.8. The predicted octanol–water partition coefficient (Wildman–Crippen LogP) is 4.30. The van der Waals surface area contributed by atoms with Gasteiger partial charge in [0.15, 0.2) is 11.5 Å². The number of hydrogen-bond acceptors (Lipinski definition) is 8. The minimum Gasteiger partial charge on any atom is -0.497 e. The molecule has 0 spiro atoms. The fraction of sp³-hybridized carbons (Fsp3) is 0.292. The van der Waals surface area contributed by atoms with Gasteiger partial charge >= 0.3 is 0 Å². The molecule has 2 aromatic heterocycles. The number of nitrogens with one attached hydrogen (secondary N) is 1. The predicted molar refractivity (Wildman–Crippen MR) is 129 cm³/mol. The number of carbonyl (C=O) groups is 1. The highest BCUT2D eigenvalue weighted by atomic mass is 32.1. The maximum atomic E-state index is 12.8. The molecule has 0 saturated carbocycles. The first-order valence-corrected chi connectivity index (χ1v) is 11.4. The van der Waals surface area contributed by atoms with Crippen LogP contribution in [0.15, 0.2) is 30.3 Å². The van der Waals surface area contributed by atoms with E-state index >= 15 is 0 Å². The molecular formula is C24H24N4O5S. The first-order chi connectivity index (χ1) is 16.5. The fourth-order valence-corrected chi connectivity index (χ4v) is 5.34. The van der Waals surface area contributed by atoms with Crippen LogP contribution in [-0.2, 0) is 4.79 Å². The third-order valence-corrected chi connectivity index (χ3v) is 6.95. The molecule has 10 heteroatoms. The Morgan fingerprint density at radius 1 is 1.03 bits per heavy atom. The molecule has 1 atom stereocenters. The van der Waals surface area contributed by atoms with Crippen LogP contribution in [0.5, 0.6) is 23.0 Å². The number of carbonyl (C=O) groups excluding carboxylic acids is 1. The summed E-state index contributed by atoms with van der Waals surface area (Å²) in [5.41, 5.74) is 3.46. The monoisotopic (exact) mass is 480 g/mol. The average Bonchev–Trinajstić information content (AvgIpc) is 3.42. The van der Waals surface area contributed by atoms with Crippen LogP contribution >= 0.6 is 11.3 Å². The highest BCUT2D eigenvalue weighted by Crippen LogP contribution is 2.46. The van der Waals surface area contributed by atoms with E-state index in [0.717, 1.165) is 32.8 Å². The summed E-state index contributed by atoms with van der Waals surface area (Å²) < 4.78 is 24.6. The Bertz CT molecular complexity index is 1390. The molecule has 34 heavy (non-hydrogen) atoms. The molecule has 0 fully saturated rings. The van der Waals surface area contributed by atoms with Crippen molar-refractivity contribution < 1.29 is 23.7 Å². The zero-order chi connectivity index (χ0) is 24.0. The molecule has 0 saturated heterocycles. The molecule has 0 radical (unpaired) electrons. The van der Waals surface area contributed by atoms with Crippen LogP contribution in [0, 0.1) is 6.92 Å². The summed E-state index contributed by atoms with van der Waals surface area (Å²) in [5, 5.41) is 8.44. The van der Waals surface area contributed by atoms with E-state index in [9.17, 15) is 4.79 Å². The number of aromatic nitrogens is 3. The number of rotatable bonds is 6. The van der Waals surface area contributed by atoms with Crippen molar-refractivity contribution in [2.75, 3.05) is 33.8 Å². The standard InChI is InChI=1S/C24H24N4O5S/c1-12-21-15(13-8-17(31-3)22(33-5)18(9-13)32-4)11-20(29)26-23(21)28(27-12)24-25-16-7-6-14(30-2)10-19(16)34-24/h6-10,15H,11H2,1-5H3,(H,26,29)/t15-/m0/s1. The van der Waals surface area contributed by atoms with Gasteiger partial charge in [-0.15, -0.1) is 0 Å². The van der Waals surface area contributed by atoms with Gasteiger partial charge in [-0.05, 0) is 42.8 Å². The summed E-state index contributed by atoms with van der Waals surface area (Å²) in [6.45, 7) is 1.94. The molecule has 4 aromatic rings.